The highest BCUT2D eigenvalue weighted by atomic mass is 16.5. The number of ether oxygens (including phenoxy) is 1. The van der Waals surface area contributed by atoms with Crippen molar-refractivity contribution in [1.29, 1.82) is 0 Å². The van der Waals surface area contributed by atoms with Crippen LogP contribution in [0, 0.1) is 0 Å². The summed E-state index contributed by atoms with van der Waals surface area (Å²) in [6.45, 7) is 0. The van der Waals surface area contributed by atoms with E-state index in [0.717, 1.165) is 29.5 Å². The molecule has 0 amide bonds. The summed E-state index contributed by atoms with van der Waals surface area (Å²) in [5, 5.41) is 4.39. The summed E-state index contributed by atoms with van der Waals surface area (Å²) < 4.78 is 5.99. The van der Waals surface area contributed by atoms with Gasteiger partial charge >= 0.3 is 0 Å². The van der Waals surface area contributed by atoms with Gasteiger partial charge in [0.15, 0.2) is 0 Å². The maximum atomic E-state index is 5.99. The first-order chi connectivity index (χ1) is 8.36. The Morgan fingerprint density at radius 1 is 1.24 bits per heavy atom. The van der Waals surface area contributed by atoms with Crippen molar-refractivity contribution in [3.8, 4) is 5.75 Å². The van der Waals surface area contributed by atoms with Crippen molar-refractivity contribution in [2.24, 2.45) is 0 Å². The van der Waals surface area contributed by atoms with Crippen LogP contribution in [0.5, 0.6) is 5.75 Å². The van der Waals surface area contributed by atoms with E-state index in [-0.39, 0.29) is 0 Å². The van der Waals surface area contributed by atoms with Crippen molar-refractivity contribution < 1.29 is 4.74 Å². The van der Waals surface area contributed by atoms with Gasteiger partial charge in [-0.25, -0.2) is 0 Å². The van der Waals surface area contributed by atoms with E-state index in [2.05, 4.69) is 22.4 Å². The fourth-order valence-corrected chi connectivity index (χ4v) is 2.25. The Labute approximate surface area is 101 Å². The molecule has 1 saturated carbocycles. The van der Waals surface area contributed by atoms with E-state index in [4.69, 9.17) is 4.74 Å². The molecule has 88 valence electrons. The highest BCUT2D eigenvalue weighted by molar-refractivity contribution is 5.84. The van der Waals surface area contributed by atoms with Crippen molar-refractivity contribution in [3.63, 3.8) is 0 Å². The molecule has 0 spiro atoms. The van der Waals surface area contributed by atoms with E-state index in [1.807, 2.05) is 31.4 Å². The van der Waals surface area contributed by atoms with Crippen molar-refractivity contribution in [1.82, 2.24) is 10.3 Å². The molecule has 3 heteroatoms. The fourth-order valence-electron chi connectivity index (χ4n) is 2.25. The number of hydrogen-bond acceptors (Lipinski definition) is 3. The molecule has 3 nitrogen and oxygen atoms in total. The second kappa shape index (κ2) is 4.34. The summed E-state index contributed by atoms with van der Waals surface area (Å²) in [6.07, 6.45) is 4.31. The van der Waals surface area contributed by atoms with Crippen molar-refractivity contribution in [2.75, 3.05) is 7.05 Å². The Morgan fingerprint density at radius 2 is 2.06 bits per heavy atom. The van der Waals surface area contributed by atoms with Gasteiger partial charge in [0.1, 0.15) is 17.4 Å². The molecule has 1 aliphatic carbocycles. The number of pyridine rings is 1. The molecular weight excluding hydrogens is 212 g/mol. The summed E-state index contributed by atoms with van der Waals surface area (Å²) in [5.41, 5.74) is 0.961. The largest absolute Gasteiger partial charge is 0.488 e. The number of nitrogens with one attached hydrogen (secondary N) is 1. The van der Waals surface area contributed by atoms with Crippen LogP contribution in [-0.4, -0.2) is 24.2 Å². The van der Waals surface area contributed by atoms with Crippen molar-refractivity contribution in [2.45, 2.75) is 25.0 Å². The van der Waals surface area contributed by atoms with Gasteiger partial charge < -0.3 is 10.1 Å². The Balaban J connectivity index is 1.81. The van der Waals surface area contributed by atoms with Crippen LogP contribution in [0.15, 0.2) is 36.5 Å². The Morgan fingerprint density at radius 3 is 2.88 bits per heavy atom. The number of aromatic nitrogens is 1. The molecular formula is C14H16N2O. The molecule has 0 atom stereocenters. The quantitative estimate of drug-likeness (QED) is 0.875. The molecule has 2 aromatic rings. The number of benzene rings is 1. The summed E-state index contributed by atoms with van der Waals surface area (Å²) in [7, 11) is 2.00. The van der Waals surface area contributed by atoms with Crippen LogP contribution in [0.4, 0.5) is 0 Å². The van der Waals surface area contributed by atoms with Gasteiger partial charge in [-0.2, -0.15) is 0 Å². The monoisotopic (exact) mass is 228 g/mol. The van der Waals surface area contributed by atoms with Crippen LogP contribution >= 0.6 is 0 Å². The van der Waals surface area contributed by atoms with E-state index >= 15 is 0 Å². The first-order valence-corrected chi connectivity index (χ1v) is 6.04. The molecule has 0 bridgehead atoms. The fraction of sp³-hybridized carbons (Fsp3) is 0.357. The highest BCUT2D eigenvalue weighted by Crippen LogP contribution is 2.29. The summed E-state index contributed by atoms with van der Waals surface area (Å²) >= 11 is 0. The third kappa shape index (κ3) is 1.98. The average molecular weight is 228 g/mol. The second-order valence-corrected chi connectivity index (χ2v) is 4.53. The van der Waals surface area contributed by atoms with Gasteiger partial charge in [0.2, 0.25) is 0 Å². The van der Waals surface area contributed by atoms with Gasteiger partial charge in [0, 0.05) is 17.6 Å². The lowest BCUT2D eigenvalue weighted by molar-refractivity contribution is 0.0898. The number of fused-ring (bicyclic) bond motifs is 1. The zero-order chi connectivity index (χ0) is 11.7. The van der Waals surface area contributed by atoms with Crippen molar-refractivity contribution >= 4 is 10.9 Å². The molecule has 1 fully saturated rings. The Kier molecular flexibility index (Phi) is 2.69. The van der Waals surface area contributed by atoms with Crippen LogP contribution in [0.1, 0.15) is 12.8 Å². The normalized spacial score (nSPS) is 23.4. The molecule has 0 aliphatic heterocycles. The first-order valence-electron chi connectivity index (χ1n) is 6.04. The summed E-state index contributed by atoms with van der Waals surface area (Å²) in [5.74, 6) is 0.905. The third-order valence-electron chi connectivity index (χ3n) is 3.39. The SMILES string of the molecule is CNC1CC(Oc2cccc3cccnc23)C1. The van der Waals surface area contributed by atoms with Gasteiger partial charge in [-0.3, -0.25) is 4.98 Å². The van der Waals surface area contributed by atoms with E-state index in [9.17, 15) is 0 Å². The highest BCUT2D eigenvalue weighted by Gasteiger charge is 2.29. The number of hydrogen-bond donors (Lipinski definition) is 1. The molecule has 17 heavy (non-hydrogen) atoms. The zero-order valence-electron chi connectivity index (χ0n) is 9.89. The Bertz CT molecular complexity index is 515. The van der Waals surface area contributed by atoms with Crippen LogP contribution in [0.2, 0.25) is 0 Å². The van der Waals surface area contributed by atoms with Crippen molar-refractivity contribution in [3.05, 3.63) is 36.5 Å². The van der Waals surface area contributed by atoms with Crippen LogP contribution in [-0.2, 0) is 0 Å². The molecule has 1 N–H and O–H groups in total. The summed E-state index contributed by atoms with van der Waals surface area (Å²) in [6, 6.07) is 10.7. The Hall–Kier alpha value is -1.61. The molecule has 1 aliphatic rings. The third-order valence-corrected chi connectivity index (χ3v) is 3.39. The van der Waals surface area contributed by atoms with E-state index in [1.54, 1.807) is 0 Å². The predicted octanol–water partition coefficient (Wildman–Crippen LogP) is 2.36. The number of nitrogens with zero attached hydrogens (tertiary/aromatic N) is 1. The topological polar surface area (TPSA) is 34.1 Å². The van der Waals surface area contributed by atoms with E-state index in [0.29, 0.717) is 12.1 Å². The minimum atomic E-state index is 0.333. The molecule has 1 aromatic carbocycles. The molecule has 0 radical (unpaired) electrons. The van der Waals surface area contributed by atoms with Crippen LogP contribution in [0.25, 0.3) is 10.9 Å². The predicted molar refractivity (Wildman–Crippen MR) is 68.2 cm³/mol. The van der Waals surface area contributed by atoms with E-state index < -0.39 is 0 Å². The molecule has 1 aromatic heterocycles. The lowest BCUT2D eigenvalue weighted by Gasteiger charge is -2.35. The lowest BCUT2D eigenvalue weighted by Crippen LogP contribution is -2.45. The molecule has 0 saturated heterocycles. The number of rotatable bonds is 3. The van der Waals surface area contributed by atoms with Gasteiger partial charge in [-0.15, -0.1) is 0 Å². The van der Waals surface area contributed by atoms with Gasteiger partial charge in [0.05, 0.1) is 0 Å². The lowest BCUT2D eigenvalue weighted by atomic mass is 9.89. The minimum Gasteiger partial charge on any atom is -0.488 e. The summed E-state index contributed by atoms with van der Waals surface area (Å²) in [4.78, 5) is 4.39. The maximum absolute atomic E-state index is 5.99. The molecule has 3 rings (SSSR count). The molecule has 0 unspecified atom stereocenters. The van der Waals surface area contributed by atoms with Gasteiger partial charge in [-0.05, 0) is 32.0 Å². The van der Waals surface area contributed by atoms with Crippen LogP contribution < -0.4 is 10.1 Å². The van der Waals surface area contributed by atoms with Gasteiger partial charge in [0.25, 0.3) is 0 Å². The smallest absolute Gasteiger partial charge is 0.145 e. The number of para-hydroxylation sites is 1. The standard InChI is InChI=1S/C14H16N2O/c1-15-11-8-12(9-11)17-13-6-2-4-10-5-3-7-16-14(10)13/h2-7,11-12,15H,8-9H2,1H3. The van der Waals surface area contributed by atoms with Crippen LogP contribution in [0.3, 0.4) is 0 Å². The van der Waals surface area contributed by atoms with Gasteiger partial charge in [-0.1, -0.05) is 18.2 Å². The van der Waals surface area contributed by atoms with E-state index in [1.165, 1.54) is 0 Å². The average Bonchev–Trinajstić information content (AvgIpc) is 2.33. The molecule has 1 heterocycles. The first kappa shape index (κ1) is 10.5. The minimum absolute atomic E-state index is 0.333. The zero-order valence-corrected chi connectivity index (χ0v) is 9.89. The maximum Gasteiger partial charge on any atom is 0.145 e. The second-order valence-electron chi connectivity index (χ2n) is 4.53.